The largest absolute Gasteiger partial charge is 0.462 e. The van der Waals surface area contributed by atoms with E-state index in [0.29, 0.717) is 10.6 Å². The molecule has 1 aromatic carbocycles. The average Bonchev–Trinajstić information content (AvgIpc) is 2.98. The molecule has 0 unspecified atom stereocenters. The zero-order valence-corrected chi connectivity index (χ0v) is 17.5. The Kier molecular flexibility index (Phi) is 6.87. The van der Waals surface area contributed by atoms with Crippen LogP contribution in [-0.4, -0.2) is 23.4 Å². The SMILES string of the molecule is CCOC(=O)c1c(NC(=O)c2cc([N+](=O)[O-])ccc2Cl)sc2c1CCCCCC2. The molecule has 9 heteroatoms. The van der Waals surface area contributed by atoms with Crippen LogP contribution in [0.3, 0.4) is 0 Å². The van der Waals surface area contributed by atoms with Crippen molar-refractivity contribution in [2.45, 2.75) is 45.4 Å². The third-order valence-electron chi connectivity index (χ3n) is 4.78. The summed E-state index contributed by atoms with van der Waals surface area (Å²) in [5.74, 6) is -1.07. The highest BCUT2D eigenvalue weighted by Crippen LogP contribution is 2.38. The first kappa shape index (κ1) is 21.3. The van der Waals surface area contributed by atoms with Crippen LogP contribution in [0.4, 0.5) is 10.7 Å². The fraction of sp³-hybridized carbons (Fsp3) is 0.400. The molecule has 7 nitrogen and oxygen atoms in total. The van der Waals surface area contributed by atoms with Crippen LogP contribution in [0.1, 0.15) is 63.8 Å². The van der Waals surface area contributed by atoms with Gasteiger partial charge >= 0.3 is 5.97 Å². The molecule has 0 radical (unpaired) electrons. The predicted molar refractivity (Wildman–Crippen MR) is 112 cm³/mol. The van der Waals surface area contributed by atoms with Gasteiger partial charge in [-0.1, -0.05) is 24.4 Å². The van der Waals surface area contributed by atoms with Gasteiger partial charge in [-0.2, -0.15) is 0 Å². The third-order valence-corrected chi connectivity index (χ3v) is 6.32. The van der Waals surface area contributed by atoms with Crippen LogP contribution in [0.2, 0.25) is 5.02 Å². The van der Waals surface area contributed by atoms with Gasteiger partial charge in [0.05, 0.1) is 27.7 Å². The summed E-state index contributed by atoms with van der Waals surface area (Å²) in [5, 5.41) is 14.3. The van der Waals surface area contributed by atoms with Gasteiger partial charge in [-0.25, -0.2) is 4.79 Å². The molecule has 0 saturated heterocycles. The Morgan fingerprint density at radius 2 is 1.97 bits per heavy atom. The fourth-order valence-corrected chi connectivity index (χ4v) is 4.87. The van der Waals surface area contributed by atoms with E-state index in [2.05, 4.69) is 5.32 Å². The standard InChI is InChI=1S/C20H21ClN2O5S/c1-2-28-20(25)17-13-7-5-3-4-6-8-16(13)29-19(17)22-18(24)14-11-12(23(26)27)9-10-15(14)21/h9-11H,2-8H2,1H3,(H,22,24). The quantitative estimate of drug-likeness (QED) is 0.384. The molecule has 3 rings (SSSR count). The van der Waals surface area contributed by atoms with Gasteiger partial charge in [-0.3, -0.25) is 14.9 Å². The monoisotopic (exact) mass is 436 g/mol. The van der Waals surface area contributed by atoms with E-state index in [1.165, 1.54) is 23.5 Å². The smallest absolute Gasteiger partial charge is 0.341 e. The minimum absolute atomic E-state index is 0.0171. The molecule has 1 aliphatic rings. The molecule has 1 N–H and O–H groups in total. The Hall–Kier alpha value is -2.45. The molecule has 29 heavy (non-hydrogen) atoms. The van der Waals surface area contributed by atoms with Crippen LogP contribution in [-0.2, 0) is 17.6 Å². The maximum Gasteiger partial charge on any atom is 0.341 e. The lowest BCUT2D eigenvalue weighted by Crippen LogP contribution is -2.16. The molecule has 0 spiro atoms. The number of ether oxygens (including phenoxy) is 1. The number of non-ortho nitro benzene ring substituents is 1. The normalized spacial score (nSPS) is 13.7. The van der Waals surface area contributed by atoms with Gasteiger partial charge in [0.1, 0.15) is 5.00 Å². The number of hydrogen-bond acceptors (Lipinski definition) is 6. The highest BCUT2D eigenvalue weighted by molar-refractivity contribution is 7.17. The molecular weight excluding hydrogens is 416 g/mol. The van der Waals surface area contributed by atoms with E-state index in [1.807, 2.05) is 0 Å². The molecule has 0 fully saturated rings. The summed E-state index contributed by atoms with van der Waals surface area (Å²) in [5.41, 5.74) is 1.08. The number of rotatable bonds is 5. The molecule has 0 saturated carbocycles. The van der Waals surface area contributed by atoms with Crippen LogP contribution in [0, 0.1) is 10.1 Å². The second-order valence-corrected chi connectivity index (χ2v) is 8.23. The lowest BCUT2D eigenvalue weighted by atomic mass is 9.96. The van der Waals surface area contributed by atoms with Crippen LogP contribution >= 0.6 is 22.9 Å². The number of hydrogen-bond donors (Lipinski definition) is 1. The molecule has 2 aromatic rings. The van der Waals surface area contributed by atoms with Crippen LogP contribution in [0.25, 0.3) is 0 Å². The predicted octanol–water partition coefficient (Wildman–Crippen LogP) is 5.40. The number of halogens is 1. The van der Waals surface area contributed by atoms with E-state index in [4.69, 9.17) is 16.3 Å². The molecule has 154 valence electrons. The van der Waals surface area contributed by atoms with E-state index >= 15 is 0 Å². The number of anilines is 1. The number of esters is 1. The van der Waals surface area contributed by atoms with Gasteiger partial charge in [0.15, 0.2) is 0 Å². The van der Waals surface area contributed by atoms with Crippen molar-refractivity contribution in [2.75, 3.05) is 11.9 Å². The van der Waals surface area contributed by atoms with Crippen LogP contribution < -0.4 is 5.32 Å². The maximum atomic E-state index is 12.8. The van der Waals surface area contributed by atoms with Gasteiger partial charge in [0.2, 0.25) is 0 Å². The van der Waals surface area contributed by atoms with E-state index < -0.39 is 16.8 Å². The molecular formula is C20H21ClN2O5S. The molecule has 0 aliphatic heterocycles. The molecule has 1 aliphatic carbocycles. The number of benzene rings is 1. The van der Waals surface area contributed by atoms with Crippen molar-refractivity contribution >= 4 is 45.5 Å². The molecule has 0 bridgehead atoms. The zero-order chi connectivity index (χ0) is 21.0. The highest BCUT2D eigenvalue weighted by Gasteiger charge is 2.27. The van der Waals surface area contributed by atoms with E-state index in [1.54, 1.807) is 6.92 Å². The Balaban J connectivity index is 1.99. The van der Waals surface area contributed by atoms with Crippen molar-refractivity contribution in [3.05, 3.63) is 54.9 Å². The molecule has 0 atom stereocenters. The number of thiophene rings is 1. The number of nitrogens with zero attached hydrogens (tertiary/aromatic N) is 1. The number of amides is 1. The summed E-state index contributed by atoms with van der Waals surface area (Å²) in [4.78, 5) is 37.0. The second-order valence-electron chi connectivity index (χ2n) is 6.72. The number of nitrogens with one attached hydrogen (secondary N) is 1. The minimum atomic E-state index is -0.599. The van der Waals surface area contributed by atoms with Gasteiger partial charge in [-0.15, -0.1) is 11.3 Å². The highest BCUT2D eigenvalue weighted by atomic mass is 35.5. The topological polar surface area (TPSA) is 98.5 Å². The minimum Gasteiger partial charge on any atom is -0.462 e. The van der Waals surface area contributed by atoms with Crippen molar-refractivity contribution < 1.29 is 19.2 Å². The van der Waals surface area contributed by atoms with Crippen molar-refractivity contribution in [2.24, 2.45) is 0 Å². The number of nitro benzene ring substituents is 1. The third kappa shape index (κ3) is 4.76. The fourth-order valence-electron chi connectivity index (χ4n) is 3.40. The maximum absolute atomic E-state index is 12.8. The Morgan fingerprint density at radius 1 is 1.24 bits per heavy atom. The van der Waals surface area contributed by atoms with Crippen molar-refractivity contribution in [1.29, 1.82) is 0 Å². The number of nitro groups is 1. The average molecular weight is 437 g/mol. The van der Waals surface area contributed by atoms with Crippen LogP contribution in [0.15, 0.2) is 18.2 Å². The lowest BCUT2D eigenvalue weighted by Gasteiger charge is -2.11. The van der Waals surface area contributed by atoms with E-state index in [9.17, 15) is 19.7 Å². The Bertz CT molecular complexity index is 957. The van der Waals surface area contributed by atoms with E-state index in [-0.39, 0.29) is 22.9 Å². The summed E-state index contributed by atoms with van der Waals surface area (Å²) >= 11 is 7.45. The summed E-state index contributed by atoms with van der Waals surface area (Å²) in [7, 11) is 0. The number of aryl methyl sites for hydroxylation is 1. The zero-order valence-electron chi connectivity index (χ0n) is 16.0. The van der Waals surface area contributed by atoms with Crippen LogP contribution in [0.5, 0.6) is 0 Å². The van der Waals surface area contributed by atoms with Gasteiger partial charge in [0.25, 0.3) is 11.6 Å². The van der Waals surface area contributed by atoms with Gasteiger partial charge in [-0.05, 0) is 44.2 Å². The molecule has 1 amide bonds. The second kappa shape index (κ2) is 9.37. The van der Waals surface area contributed by atoms with Gasteiger partial charge < -0.3 is 10.1 Å². The number of carbonyl (C=O) groups excluding carboxylic acids is 2. The number of fused-ring (bicyclic) bond motifs is 1. The van der Waals surface area contributed by atoms with Gasteiger partial charge in [0, 0.05) is 17.0 Å². The first-order chi connectivity index (χ1) is 13.9. The number of carbonyl (C=O) groups is 2. The van der Waals surface area contributed by atoms with E-state index in [0.717, 1.165) is 55.0 Å². The summed E-state index contributed by atoms with van der Waals surface area (Å²) in [6, 6.07) is 3.68. The summed E-state index contributed by atoms with van der Waals surface area (Å²) in [6.45, 7) is 1.96. The molecule has 1 aromatic heterocycles. The van der Waals surface area contributed by atoms with Crippen molar-refractivity contribution in [3.8, 4) is 0 Å². The first-order valence-electron chi connectivity index (χ1n) is 9.49. The Morgan fingerprint density at radius 3 is 2.66 bits per heavy atom. The Labute approximate surface area is 177 Å². The molecule has 1 heterocycles. The van der Waals surface area contributed by atoms with Crippen molar-refractivity contribution in [3.63, 3.8) is 0 Å². The van der Waals surface area contributed by atoms with Crippen molar-refractivity contribution in [1.82, 2.24) is 0 Å². The summed E-state index contributed by atoms with van der Waals surface area (Å²) < 4.78 is 5.23. The lowest BCUT2D eigenvalue weighted by molar-refractivity contribution is -0.384. The summed E-state index contributed by atoms with van der Waals surface area (Å²) in [6.07, 6.45) is 5.84. The first-order valence-corrected chi connectivity index (χ1v) is 10.7.